The van der Waals surface area contributed by atoms with E-state index < -0.39 is 0 Å². The van der Waals surface area contributed by atoms with Crippen LogP contribution in [0.1, 0.15) is 35.1 Å². The Hall–Kier alpha value is -1.02. The van der Waals surface area contributed by atoms with Crippen molar-refractivity contribution in [2.75, 3.05) is 5.32 Å². The number of carbonyl (C=O) groups is 1. The molecule has 0 unspecified atom stereocenters. The Kier molecular flexibility index (Phi) is 4.28. The number of para-hydroxylation sites is 1. The number of hydrogen-bond donors (Lipinski definition) is 1. The van der Waals surface area contributed by atoms with Gasteiger partial charge in [0, 0.05) is 3.57 Å². The van der Waals surface area contributed by atoms with Crippen LogP contribution in [-0.2, 0) is 0 Å². The van der Waals surface area contributed by atoms with Gasteiger partial charge in [0.1, 0.15) is 4.88 Å². The molecule has 2 rings (SSSR count). The van der Waals surface area contributed by atoms with Crippen LogP contribution in [0.2, 0.25) is 0 Å². The second kappa shape index (κ2) is 5.75. The second-order valence-electron chi connectivity index (χ2n) is 4.08. The first kappa shape index (κ1) is 13.4. The van der Waals surface area contributed by atoms with Crippen LogP contribution in [0.3, 0.4) is 0 Å². The minimum Gasteiger partial charge on any atom is -0.320 e. The van der Waals surface area contributed by atoms with E-state index in [2.05, 4.69) is 37.5 Å². The van der Waals surface area contributed by atoms with E-state index in [0.717, 1.165) is 26.5 Å². The zero-order valence-electron chi connectivity index (χ0n) is 9.98. The molecule has 0 aliphatic carbocycles. The van der Waals surface area contributed by atoms with Crippen LogP contribution >= 0.6 is 34.1 Å². The summed E-state index contributed by atoms with van der Waals surface area (Å²) in [4.78, 5) is 12.8. The Labute approximate surface area is 123 Å². The predicted octanol–water partition coefficient (Wildman–Crippen LogP) is 3.52. The summed E-state index contributed by atoms with van der Waals surface area (Å²) in [5.41, 5.74) is 1.56. The molecule has 0 saturated carbocycles. The van der Waals surface area contributed by atoms with Gasteiger partial charge in [0.05, 0.1) is 11.4 Å². The smallest absolute Gasteiger partial charge is 0.269 e. The molecule has 0 radical (unpaired) electrons. The van der Waals surface area contributed by atoms with E-state index in [4.69, 9.17) is 0 Å². The number of amides is 1. The lowest BCUT2D eigenvalue weighted by molar-refractivity contribution is 0.102. The number of rotatable bonds is 3. The Morgan fingerprint density at radius 2 is 2.11 bits per heavy atom. The van der Waals surface area contributed by atoms with Crippen LogP contribution in [0.25, 0.3) is 0 Å². The SMILES string of the molecule is CC(C)c1nnsc1C(=O)Nc1ccccc1I. The number of benzene rings is 1. The fraction of sp³-hybridized carbons (Fsp3) is 0.250. The minimum absolute atomic E-state index is 0.141. The fourth-order valence-electron chi connectivity index (χ4n) is 1.47. The van der Waals surface area contributed by atoms with Crippen LogP contribution in [0.5, 0.6) is 0 Å². The van der Waals surface area contributed by atoms with Gasteiger partial charge in [-0.25, -0.2) is 0 Å². The zero-order valence-corrected chi connectivity index (χ0v) is 12.9. The maximum absolute atomic E-state index is 12.2. The number of nitrogens with zero attached hydrogens (tertiary/aromatic N) is 2. The summed E-state index contributed by atoms with van der Waals surface area (Å²) < 4.78 is 4.86. The molecule has 0 atom stereocenters. The third-order valence-corrected chi connectivity index (χ3v) is 4.07. The Morgan fingerprint density at radius 1 is 1.39 bits per heavy atom. The molecule has 1 aromatic heterocycles. The van der Waals surface area contributed by atoms with Crippen molar-refractivity contribution >= 4 is 45.7 Å². The van der Waals surface area contributed by atoms with Crippen molar-refractivity contribution in [3.8, 4) is 0 Å². The van der Waals surface area contributed by atoms with Gasteiger partial charge in [0.25, 0.3) is 5.91 Å². The van der Waals surface area contributed by atoms with Gasteiger partial charge >= 0.3 is 0 Å². The molecule has 0 fully saturated rings. The summed E-state index contributed by atoms with van der Waals surface area (Å²) >= 11 is 3.33. The van der Waals surface area contributed by atoms with Crippen molar-refractivity contribution in [3.63, 3.8) is 0 Å². The van der Waals surface area contributed by atoms with Gasteiger partial charge in [-0.2, -0.15) is 0 Å². The average Bonchev–Trinajstić information content (AvgIpc) is 2.81. The second-order valence-corrected chi connectivity index (χ2v) is 5.99. The molecule has 1 heterocycles. The first-order valence-electron chi connectivity index (χ1n) is 5.47. The Bertz CT molecular complexity index is 568. The molecular weight excluding hydrogens is 361 g/mol. The maximum Gasteiger partial charge on any atom is 0.269 e. The summed E-state index contributed by atoms with van der Waals surface area (Å²) in [5.74, 6) is 0.0529. The molecule has 1 amide bonds. The van der Waals surface area contributed by atoms with Crippen LogP contribution in [0.15, 0.2) is 24.3 Å². The van der Waals surface area contributed by atoms with Gasteiger partial charge in [-0.05, 0) is 52.2 Å². The lowest BCUT2D eigenvalue weighted by Crippen LogP contribution is -2.13. The standard InChI is InChI=1S/C12H12IN3OS/c1-7(2)10-11(18-16-15-10)12(17)14-9-6-4-3-5-8(9)13/h3-7H,1-2H3,(H,14,17). The highest BCUT2D eigenvalue weighted by molar-refractivity contribution is 14.1. The molecule has 0 saturated heterocycles. The average molecular weight is 373 g/mol. The summed E-state index contributed by atoms with van der Waals surface area (Å²) in [6.45, 7) is 4.00. The lowest BCUT2D eigenvalue weighted by Gasteiger charge is -2.07. The molecule has 18 heavy (non-hydrogen) atoms. The van der Waals surface area contributed by atoms with E-state index in [0.29, 0.717) is 4.88 Å². The molecule has 0 bridgehead atoms. The van der Waals surface area contributed by atoms with E-state index in [1.165, 1.54) is 0 Å². The van der Waals surface area contributed by atoms with Crippen molar-refractivity contribution < 1.29 is 4.79 Å². The van der Waals surface area contributed by atoms with Crippen LogP contribution in [-0.4, -0.2) is 15.5 Å². The number of carbonyl (C=O) groups excluding carboxylic acids is 1. The lowest BCUT2D eigenvalue weighted by atomic mass is 10.1. The maximum atomic E-state index is 12.2. The van der Waals surface area contributed by atoms with Crippen molar-refractivity contribution in [3.05, 3.63) is 38.4 Å². The minimum atomic E-state index is -0.141. The number of nitrogens with one attached hydrogen (secondary N) is 1. The molecule has 0 aliphatic rings. The van der Waals surface area contributed by atoms with Gasteiger partial charge in [-0.3, -0.25) is 4.79 Å². The summed E-state index contributed by atoms with van der Waals surface area (Å²) in [5, 5.41) is 6.90. The molecule has 94 valence electrons. The van der Waals surface area contributed by atoms with Gasteiger partial charge in [-0.1, -0.05) is 30.5 Å². The summed E-state index contributed by atoms with van der Waals surface area (Å²) in [6.07, 6.45) is 0. The number of anilines is 1. The van der Waals surface area contributed by atoms with E-state index in [-0.39, 0.29) is 11.8 Å². The molecule has 1 N–H and O–H groups in total. The normalized spacial score (nSPS) is 10.7. The highest BCUT2D eigenvalue weighted by atomic mass is 127. The summed E-state index contributed by atoms with van der Waals surface area (Å²) in [7, 11) is 0. The third-order valence-electron chi connectivity index (χ3n) is 2.39. The monoisotopic (exact) mass is 373 g/mol. The first-order valence-corrected chi connectivity index (χ1v) is 7.33. The quantitative estimate of drug-likeness (QED) is 0.838. The zero-order chi connectivity index (χ0) is 13.1. The van der Waals surface area contributed by atoms with Crippen molar-refractivity contribution in [1.29, 1.82) is 0 Å². The van der Waals surface area contributed by atoms with Gasteiger partial charge in [0.2, 0.25) is 0 Å². The van der Waals surface area contributed by atoms with Crippen molar-refractivity contribution in [1.82, 2.24) is 9.59 Å². The highest BCUT2D eigenvalue weighted by Crippen LogP contribution is 2.22. The summed E-state index contributed by atoms with van der Waals surface area (Å²) in [6, 6.07) is 7.66. The number of halogens is 1. The third kappa shape index (κ3) is 2.86. The fourth-order valence-corrected chi connectivity index (χ4v) is 2.71. The molecule has 4 nitrogen and oxygen atoms in total. The van der Waals surface area contributed by atoms with Gasteiger partial charge in [0.15, 0.2) is 0 Å². The Balaban J connectivity index is 2.23. The van der Waals surface area contributed by atoms with Crippen molar-refractivity contribution in [2.24, 2.45) is 0 Å². The molecule has 6 heteroatoms. The largest absolute Gasteiger partial charge is 0.320 e. The molecular formula is C12H12IN3OS. The van der Waals surface area contributed by atoms with Gasteiger partial charge < -0.3 is 5.32 Å². The van der Waals surface area contributed by atoms with E-state index in [9.17, 15) is 4.79 Å². The molecule has 1 aromatic carbocycles. The number of aromatic nitrogens is 2. The molecule has 0 spiro atoms. The first-order chi connectivity index (χ1) is 8.59. The van der Waals surface area contributed by atoms with Crippen LogP contribution in [0.4, 0.5) is 5.69 Å². The topological polar surface area (TPSA) is 54.9 Å². The van der Waals surface area contributed by atoms with Crippen LogP contribution in [0, 0.1) is 3.57 Å². The highest BCUT2D eigenvalue weighted by Gasteiger charge is 2.19. The van der Waals surface area contributed by atoms with E-state index in [1.807, 2.05) is 38.1 Å². The van der Waals surface area contributed by atoms with Gasteiger partial charge in [-0.15, -0.1) is 5.10 Å². The predicted molar refractivity (Wildman–Crippen MR) is 81.1 cm³/mol. The Morgan fingerprint density at radius 3 is 2.78 bits per heavy atom. The number of hydrogen-bond acceptors (Lipinski definition) is 4. The molecule has 2 aromatic rings. The van der Waals surface area contributed by atoms with Crippen molar-refractivity contribution in [2.45, 2.75) is 19.8 Å². The molecule has 0 aliphatic heterocycles. The van der Waals surface area contributed by atoms with E-state index in [1.54, 1.807) is 0 Å². The van der Waals surface area contributed by atoms with Crippen LogP contribution < -0.4 is 5.32 Å². The van der Waals surface area contributed by atoms with E-state index >= 15 is 0 Å².